The van der Waals surface area contributed by atoms with E-state index in [1.54, 1.807) is 13.2 Å². The molecule has 1 atom stereocenters. The fourth-order valence-corrected chi connectivity index (χ4v) is 5.33. The van der Waals surface area contributed by atoms with Crippen molar-refractivity contribution in [1.29, 1.82) is 0 Å². The normalized spacial score (nSPS) is 17.9. The average molecular weight is 345 g/mol. The first-order valence-electron chi connectivity index (χ1n) is 8.13. The summed E-state index contributed by atoms with van der Waals surface area (Å²) in [6.45, 7) is 5.01. The van der Waals surface area contributed by atoms with E-state index < -0.39 is 15.1 Å². The minimum Gasteiger partial charge on any atom is -0.497 e. The Morgan fingerprint density at radius 1 is 1.17 bits per heavy atom. The highest BCUT2D eigenvalue weighted by Gasteiger charge is 2.33. The average Bonchev–Trinajstić information content (AvgIpc) is 2.79. The first-order valence-corrected chi connectivity index (χ1v) is 9.67. The molecule has 0 fully saturated rings. The van der Waals surface area contributed by atoms with E-state index in [1.165, 1.54) is 0 Å². The molecule has 3 rings (SSSR count). The van der Waals surface area contributed by atoms with E-state index in [-0.39, 0.29) is 0 Å². The lowest BCUT2D eigenvalue weighted by molar-refractivity contribution is 0.414. The third-order valence-electron chi connectivity index (χ3n) is 4.83. The highest BCUT2D eigenvalue weighted by molar-refractivity contribution is 7.91. The van der Waals surface area contributed by atoms with Gasteiger partial charge in [-0.05, 0) is 67.3 Å². The van der Waals surface area contributed by atoms with Crippen molar-refractivity contribution in [3.8, 4) is 5.75 Å². The van der Waals surface area contributed by atoms with Crippen LogP contribution in [0.5, 0.6) is 5.75 Å². The Kier molecular flexibility index (Phi) is 4.65. The molecule has 2 aromatic rings. The zero-order chi connectivity index (χ0) is 17.3. The number of hydrogen-bond acceptors (Lipinski definition) is 4. The fraction of sp³-hybridized carbons (Fsp3) is 0.368. The van der Waals surface area contributed by atoms with E-state index in [1.807, 2.05) is 44.2 Å². The van der Waals surface area contributed by atoms with Crippen LogP contribution >= 0.6 is 0 Å². The van der Waals surface area contributed by atoms with E-state index in [0.717, 1.165) is 41.0 Å². The maximum atomic E-state index is 13.4. The largest absolute Gasteiger partial charge is 0.497 e. The molecule has 0 radical (unpaired) electrons. The van der Waals surface area contributed by atoms with Gasteiger partial charge in [0, 0.05) is 6.54 Å². The van der Waals surface area contributed by atoms with Gasteiger partial charge < -0.3 is 10.1 Å². The molecular formula is C19H23NO3S. The summed E-state index contributed by atoms with van der Waals surface area (Å²) < 4.78 is 32.0. The van der Waals surface area contributed by atoms with Gasteiger partial charge in [0.15, 0.2) is 9.84 Å². The predicted octanol–water partition coefficient (Wildman–Crippen LogP) is 2.97. The number of benzene rings is 2. The highest BCUT2D eigenvalue weighted by atomic mass is 32.2. The maximum absolute atomic E-state index is 13.4. The van der Waals surface area contributed by atoms with Crippen LogP contribution in [-0.4, -0.2) is 28.6 Å². The summed E-state index contributed by atoms with van der Waals surface area (Å²) in [7, 11) is -1.85. The minimum absolute atomic E-state index is 0.426. The second-order valence-electron chi connectivity index (χ2n) is 6.25. The zero-order valence-corrected chi connectivity index (χ0v) is 15.1. The van der Waals surface area contributed by atoms with E-state index in [4.69, 9.17) is 4.74 Å². The third kappa shape index (κ3) is 2.94. The number of ether oxygens (including phenoxy) is 1. The van der Waals surface area contributed by atoms with Gasteiger partial charge in [0.05, 0.1) is 12.0 Å². The SMILES string of the molecule is COc1ccc2c(c1)CCNCC2S(=O)(=O)c1cccc(C)c1C. The molecule has 2 aromatic carbocycles. The summed E-state index contributed by atoms with van der Waals surface area (Å²) >= 11 is 0. The lowest BCUT2D eigenvalue weighted by Gasteiger charge is -2.20. The van der Waals surface area contributed by atoms with Crippen molar-refractivity contribution < 1.29 is 13.2 Å². The molecular weight excluding hydrogens is 322 g/mol. The molecule has 1 N–H and O–H groups in total. The van der Waals surface area contributed by atoms with Crippen molar-refractivity contribution in [2.75, 3.05) is 20.2 Å². The lowest BCUT2D eigenvalue weighted by Crippen LogP contribution is -2.26. The topological polar surface area (TPSA) is 55.4 Å². The molecule has 0 aromatic heterocycles. The number of nitrogens with one attached hydrogen (secondary N) is 1. The fourth-order valence-electron chi connectivity index (χ4n) is 3.27. The second kappa shape index (κ2) is 6.57. The quantitative estimate of drug-likeness (QED) is 0.929. The van der Waals surface area contributed by atoms with Gasteiger partial charge in [-0.3, -0.25) is 0 Å². The molecule has 4 nitrogen and oxygen atoms in total. The number of hydrogen-bond donors (Lipinski definition) is 1. The van der Waals surface area contributed by atoms with Crippen LogP contribution in [0.15, 0.2) is 41.3 Å². The molecule has 5 heteroatoms. The van der Waals surface area contributed by atoms with Crippen LogP contribution in [0.25, 0.3) is 0 Å². The van der Waals surface area contributed by atoms with Crippen molar-refractivity contribution in [1.82, 2.24) is 5.32 Å². The Morgan fingerprint density at radius 2 is 1.96 bits per heavy atom. The van der Waals surface area contributed by atoms with Gasteiger partial charge >= 0.3 is 0 Å². The first kappa shape index (κ1) is 17.0. The van der Waals surface area contributed by atoms with Gasteiger partial charge in [0.25, 0.3) is 0 Å². The molecule has 1 unspecified atom stereocenters. The molecule has 1 heterocycles. The van der Waals surface area contributed by atoms with Crippen LogP contribution in [-0.2, 0) is 16.3 Å². The second-order valence-corrected chi connectivity index (χ2v) is 8.35. The molecule has 0 amide bonds. The van der Waals surface area contributed by atoms with E-state index in [0.29, 0.717) is 11.4 Å². The summed E-state index contributed by atoms with van der Waals surface area (Å²) in [5.74, 6) is 0.763. The maximum Gasteiger partial charge on any atom is 0.186 e. The summed E-state index contributed by atoms with van der Waals surface area (Å²) in [6.07, 6.45) is 0.797. The van der Waals surface area contributed by atoms with Crippen molar-refractivity contribution in [3.63, 3.8) is 0 Å². The minimum atomic E-state index is -3.47. The predicted molar refractivity (Wildman–Crippen MR) is 95.4 cm³/mol. The van der Waals surface area contributed by atoms with Gasteiger partial charge in [-0.1, -0.05) is 18.2 Å². The smallest absolute Gasteiger partial charge is 0.186 e. The van der Waals surface area contributed by atoms with E-state index in [2.05, 4.69) is 5.32 Å². The Labute approximate surface area is 143 Å². The van der Waals surface area contributed by atoms with Gasteiger partial charge in [-0.15, -0.1) is 0 Å². The summed E-state index contributed by atoms with van der Waals surface area (Å²) in [6, 6.07) is 11.2. The Balaban J connectivity index is 2.13. The molecule has 0 aliphatic carbocycles. The van der Waals surface area contributed by atoms with Gasteiger partial charge in [-0.2, -0.15) is 0 Å². The molecule has 0 spiro atoms. The van der Waals surface area contributed by atoms with Crippen LogP contribution < -0.4 is 10.1 Å². The molecule has 24 heavy (non-hydrogen) atoms. The number of methoxy groups -OCH3 is 1. The summed E-state index contributed by atoms with van der Waals surface area (Å²) in [5, 5.41) is 2.69. The van der Waals surface area contributed by atoms with Crippen LogP contribution in [0.3, 0.4) is 0 Å². The molecule has 0 bridgehead atoms. The number of sulfone groups is 1. The molecule has 128 valence electrons. The van der Waals surface area contributed by atoms with Crippen LogP contribution in [0.1, 0.15) is 27.5 Å². The first-order chi connectivity index (χ1) is 11.4. The van der Waals surface area contributed by atoms with Gasteiger partial charge in [-0.25, -0.2) is 8.42 Å². The zero-order valence-electron chi connectivity index (χ0n) is 14.3. The monoisotopic (exact) mass is 345 g/mol. The Bertz CT molecular complexity index is 859. The Hall–Kier alpha value is -1.85. The van der Waals surface area contributed by atoms with E-state index >= 15 is 0 Å². The molecule has 0 saturated carbocycles. The van der Waals surface area contributed by atoms with Crippen molar-refractivity contribution in [3.05, 3.63) is 58.7 Å². The third-order valence-corrected chi connectivity index (χ3v) is 7.06. The summed E-state index contributed by atoms with van der Waals surface area (Å²) in [4.78, 5) is 0.429. The molecule has 0 saturated heterocycles. The van der Waals surface area contributed by atoms with Crippen molar-refractivity contribution >= 4 is 9.84 Å². The van der Waals surface area contributed by atoms with Crippen LogP contribution in [0.2, 0.25) is 0 Å². The standard InChI is InChI=1S/C19H23NO3S/c1-13-5-4-6-18(14(13)2)24(21,22)19-12-20-10-9-15-11-16(23-3)7-8-17(15)19/h4-8,11,19-20H,9-10,12H2,1-3H3. The number of fused-ring (bicyclic) bond motifs is 1. The van der Waals surface area contributed by atoms with Gasteiger partial charge in [0.1, 0.15) is 11.0 Å². The van der Waals surface area contributed by atoms with Crippen LogP contribution in [0, 0.1) is 13.8 Å². The van der Waals surface area contributed by atoms with Crippen LogP contribution in [0.4, 0.5) is 0 Å². The Morgan fingerprint density at radius 3 is 2.71 bits per heavy atom. The van der Waals surface area contributed by atoms with Gasteiger partial charge in [0.2, 0.25) is 0 Å². The number of rotatable bonds is 3. The molecule has 1 aliphatic heterocycles. The highest BCUT2D eigenvalue weighted by Crippen LogP contribution is 2.35. The number of aryl methyl sites for hydroxylation is 1. The van der Waals surface area contributed by atoms with Crippen molar-refractivity contribution in [2.24, 2.45) is 0 Å². The lowest BCUT2D eigenvalue weighted by atomic mass is 10.0. The van der Waals surface area contributed by atoms with E-state index in [9.17, 15) is 8.42 Å². The van der Waals surface area contributed by atoms with Crippen molar-refractivity contribution in [2.45, 2.75) is 30.4 Å². The molecule has 1 aliphatic rings. The summed E-state index contributed by atoms with van der Waals surface area (Å²) in [5.41, 5.74) is 3.74.